The fraction of sp³-hybridized carbons (Fsp3) is 0.500. The SMILES string of the molecule is NCC(CC(=O)CN1C(=O)C=CC1=O)C(=O)NCCO. The number of aliphatic hydroxyl groups excluding tert-OH is 1. The average molecular weight is 283 g/mol. The van der Waals surface area contributed by atoms with E-state index >= 15 is 0 Å². The first-order chi connectivity index (χ1) is 9.49. The quantitative estimate of drug-likeness (QED) is 0.424. The number of ketones is 1. The second-order valence-corrected chi connectivity index (χ2v) is 4.29. The molecule has 1 rings (SSSR count). The van der Waals surface area contributed by atoms with Gasteiger partial charge in [0.25, 0.3) is 11.8 Å². The molecule has 0 aromatic carbocycles. The number of amides is 3. The van der Waals surface area contributed by atoms with Gasteiger partial charge in [0, 0.05) is 31.7 Å². The molecule has 0 saturated heterocycles. The van der Waals surface area contributed by atoms with E-state index < -0.39 is 29.4 Å². The molecule has 8 heteroatoms. The summed E-state index contributed by atoms with van der Waals surface area (Å²) in [7, 11) is 0. The molecule has 20 heavy (non-hydrogen) atoms. The van der Waals surface area contributed by atoms with Crippen molar-refractivity contribution in [2.24, 2.45) is 11.7 Å². The molecule has 1 heterocycles. The number of carbonyl (C=O) groups excluding carboxylic acids is 4. The summed E-state index contributed by atoms with van der Waals surface area (Å²) in [5, 5.41) is 11.0. The van der Waals surface area contributed by atoms with Crippen LogP contribution in [0.2, 0.25) is 0 Å². The number of hydrogen-bond donors (Lipinski definition) is 3. The van der Waals surface area contributed by atoms with Crippen LogP contribution in [0.3, 0.4) is 0 Å². The number of nitrogens with zero attached hydrogens (tertiary/aromatic N) is 1. The van der Waals surface area contributed by atoms with Crippen LogP contribution in [0.5, 0.6) is 0 Å². The highest BCUT2D eigenvalue weighted by atomic mass is 16.3. The van der Waals surface area contributed by atoms with E-state index in [0.29, 0.717) is 0 Å². The van der Waals surface area contributed by atoms with Crippen LogP contribution in [0, 0.1) is 5.92 Å². The summed E-state index contributed by atoms with van der Waals surface area (Å²) in [6, 6.07) is 0. The Balaban J connectivity index is 2.49. The van der Waals surface area contributed by atoms with Crippen molar-refractivity contribution in [3.05, 3.63) is 12.2 Å². The van der Waals surface area contributed by atoms with Gasteiger partial charge in [0.05, 0.1) is 19.1 Å². The zero-order valence-electron chi connectivity index (χ0n) is 10.9. The van der Waals surface area contributed by atoms with E-state index in [0.717, 1.165) is 17.1 Å². The molecule has 0 aromatic rings. The molecular weight excluding hydrogens is 266 g/mol. The maximum Gasteiger partial charge on any atom is 0.254 e. The lowest BCUT2D eigenvalue weighted by atomic mass is 10.0. The van der Waals surface area contributed by atoms with Crippen molar-refractivity contribution < 1.29 is 24.3 Å². The molecule has 0 fully saturated rings. The number of rotatable bonds is 8. The molecule has 0 radical (unpaired) electrons. The summed E-state index contributed by atoms with van der Waals surface area (Å²) >= 11 is 0. The highest BCUT2D eigenvalue weighted by Crippen LogP contribution is 2.07. The van der Waals surface area contributed by atoms with Crippen LogP contribution >= 0.6 is 0 Å². The number of carbonyl (C=O) groups is 4. The number of imide groups is 1. The summed E-state index contributed by atoms with van der Waals surface area (Å²) in [5.41, 5.74) is 5.42. The second-order valence-electron chi connectivity index (χ2n) is 4.29. The van der Waals surface area contributed by atoms with Crippen LogP contribution in [-0.2, 0) is 19.2 Å². The monoisotopic (exact) mass is 283 g/mol. The van der Waals surface area contributed by atoms with E-state index in [1.165, 1.54) is 0 Å². The average Bonchev–Trinajstić information content (AvgIpc) is 2.73. The smallest absolute Gasteiger partial charge is 0.254 e. The Labute approximate surface area is 115 Å². The third-order valence-corrected chi connectivity index (χ3v) is 2.78. The molecule has 0 aliphatic carbocycles. The summed E-state index contributed by atoms with van der Waals surface area (Å²) < 4.78 is 0. The summed E-state index contributed by atoms with van der Waals surface area (Å²) in [4.78, 5) is 46.8. The van der Waals surface area contributed by atoms with Crippen LogP contribution in [0.25, 0.3) is 0 Å². The number of Topliss-reactive ketones (excluding diaryl/α,β-unsaturated/α-hetero) is 1. The molecule has 1 aliphatic heterocycles. The summed E-state index contributed by atoms with van der Waals surface area (Å²) in [6.45, 7) is -0.534. The molecule has 0 spiro atoms. The van der Waals surface area contributed by atoms with Gasteiger partial charge in [-0.3, -0.25) is 24.1 Å². The normalized spacial score (nSPS) is 15.6. The van der Waals surface area contributed by atoms with E-state index in [1.54, 1.807) is 0 Å². The molecule has 0 bridgehead atoms. The Morgan fingerprint density at radius 3 is 2.40 bits per heavy atom. The van der Waals surface area contributed by atoms with Crippen molar-refractivity contribution in [2.75, 3.05) is 26.2 Å². The predicted molar refractivity (Wildman–Crippen MR) is 68.1 cm³/mol. The Morgan fingerprint density at radius 1 is 1.30 bits per heavy atom. The molecule has 110 valence electrons. The Hall–Kier alpha value is -2.06. The van der Waals surface area contributed by atoms with Gasteiger partial charge in [-0.25, -0.2) is 0 Å². The molecule has 0 aromatic heterocycles. The molecule has 1 atom stereocenters. The molecule has 1 unspecified atom stereocenters. The van der Waals surface area contributed by atoms with Crippen LogP contribution in [0.15, 0.2) is 12.2 Å². The highest BCUT2D eigenvalue weighted by Gasteiger charge is 2.27. The van der Waals surface area contributed by atoms with Crippen LogP contribution in [0.1, 0.15) is 6.42 Å². The minimum atomic E-state index is -0.741. The topological polar surface area (TPSA) is 130 Å². The molecular formula is C12H17N3O5. The minimum Gasteiger partial charge on any atom is -0.395 e. The highest BCUT2D eigenvalue weighted by molar-refractivity contribution is 6.14. The number of aliphatic hydroxyl groups is 1. The van der Waals surface area contributed by atoms with Gasteiger partial charge in [-0.2, -0.15) is 0 Å². The van der Waals surface area contributed by atoms with Gasteiger partial charge in [-0.05, 0) is 0 Å². The molecule has 8 nitrogen and oxygen atoms in total. The van der Waals surface area contributed by atoms with E-state index in [1.807, 2.05) is 0 Å². The van der Waals surface area contributed by atoms with Crippen molar-refractivity contribution in [3.8, 4) is 0 Å². The first kappa shape index (κ1) is 16.0. The Kier molecular flexibility index (Phi) is 6.01. The zero-order valence-corrected chi connectivity index (χ0v) is 10.9. The fourth-order valence-corrected chi connectivity index (χ4v) is 1.71. The van der Waals surface area contributed by atoms with Crippen LogP contribution in [0.4, 0.5) is 0 Å². The minimum absolute atomic E-state index is 0.0385. The van der Waals surface area contributed by atoms with Gasteiger partial charge in [0.2, 0.25) is 5.91 Å². The molecule has 4 N–H and O–H groups in total. The summed E-state index contributed by atoms with van der Waals surface area (Å²) in [5.74, 6) is -2.69. The molecule has 0 saturated carbocycles. The van der Waals surface area contributed by atoms with E-state index in [-0.39, 0.29) is 32.7 Å². The van der Waals surface area contributed by atoms with Crippen LogP contribution < -0.4 is 11.1 Å². The third-order valence-electron chi connectivity index (χ3n) is 2.78. The Bertz CT molecular complexity index is 428. The maximum atomic E-state index is 11.8. The number of hydrogen-bond acceptors (Lipinski definition) is 6. The van der Waals surface area contributed by atoms with Crippen molar-refractivity contribution in [2.45, 2.75) is 6.42 Å². The van der Waals surface area contributed by atoms with Gasteiger partial charge in [-0.1, -0.05) is 0 Å². The fourth-order valence-electron chi connectivity index (χ4n) is 1.71. The first-order valence-electron chi connectivity index (χ1n) is 6.13. The van der Waals surface area contributed by atoms with Crippen LogP contribution in [-0.4, -0.2) is 59.8 Å². The zero-order chi connectivity index (χ0) is 15.1. The van der Waals surface area contributed by atoms with Gasteiger partial charge >= 0.3 is 0 Å². The van der Waals surface area contributed by atoms with Gasteiger partial charge in [0.1, 0.15) is 0 Å². The molecule has 3 amide bonds. The lowest BCUT2D eigenvalue weighted by Gasteiger charge is -2.16. The largest absolute Gasteiger partial charge is 0.395 e. The van der Waals surface area contributed by atoms with Gasteiger partial charge in [0.15, 0.2) is 5.78 Å². The maximum absolute atomic E-state index is 11.8. The van der Waals surface area contributed by atoms with Crippen molar-refractivity contribution in [1.29, 1.82) is 0 Å². The van der Waals surface area contributed by atoms with Crippen molar-refractivity contribution in [3.63, 3.8) is 0 Å². The number of nitrogens with two attached hydrogens (primary N) is 1. The first-order valence-corrected chi connectivity index (χ1v) is 6.13. The van der Waals surface area contributed by atoms with Gasteiger partial charge < -0.3 is 16.2 Å². The number of nitrogens with one attached hydrogen (secondary N) is 1. The van der Waals surface area contributed by atoms with Crippen molar-refractivity contribution >= 4 is 23.5 Å². The van der Waals surface area contributed by atoms with Crippen molar-refractivity contribution in [1.82, 2.24) is 10.2 Å². The Morgan fingerprint density at radius 2 is 1.90 bits per heavy atom. The predicted octanol–water partition coefficient (Wildman–Crippen LogP) is -2.45. The van der Waals surface area contributed by atoms with Gasteiger partial charge in [-0.15, -0.1) is 0 Å². The summed E-state index contributed by atoms with van der Waals surface area (Å²) in [6.07, 6.45) is 2.01. The standard InChI is InChI=1S/C12H17N3O5/c13-6-8(12(20)14-3-4-16)5-9(17)7-15-10(18)1-2-11(15)19/h1-2,8,16H,3-7,13H2,(H,14,20). The lowest BCUT2D eigenvalue weighted by molar-refractivity contribution is -0.140. The van der Waals surface area contributed by atoms with E-state index in [4.69, 9.17) is 10.8 Å². The molecule has 1 aliphatic rings. The lowest BCUT2D eigenvalue weighted by Crippen LogP contribution is -2.40. The van der Waals surface area contributed by atoms with E-state index in [9.17, 15) is 19.2 Å². The third kappa shape index (κ3) is 4.25. The van der Waals surface area contributed by atoms with E-state index in [2.05, 4.69) is 5.32 Å². The second kappa shape index (κ2) is 7.51.